The van der Waals surface area contributed by atoms with Crippen molar-refractivity contribution in [1.29, 1.82) is 0 Å². The maximum absolute atomic E-state index is 12.8. The zero-order valence-corrected chi connectivity index (χ0v) is 17.2. The van der Waals surface area contributed by atoms with Crippen LogP contribution in [0.3, 0.4) is 0 Å². The number of likely N-dealkylation sites (tertiary alicyclic amines) is 1. The van der Waals surface area contributed by atoms with Crippen LogP contribution in [0.2, 0.25) is 0 Å². The highest BCUT2D eigenvalue weighted by atomic mass is 16.5. The molecule has 0 saturated carbocycles. The molecule has 6 nitrogen and oxygen atoms in total. The summed E-state index contributed by atoms with van der Waals surface area (Å²) in [6.07, 6.45) is 5.00. The van der Waals surface area contributed by atoms with Crippen LogP contribution in [0.1, 0.15) is 25.1 Å². The van der Waals surface area contributed by atoms with Crippen LogP contribution >= 0.6 is 0 Å². The van der Waals surface area contributed by atoms with Crippen molar-refractivity contribution in [2.24, 2.45) is 0 Å². The van der Waals surface area contributed by atoms with Gasteiger partial charge in [0.1, 0.15) is 11.6 Å². The van der Waals surface area contributed by atoms with E-state index in [0.29, 0.717) is 0 Å². The zero-order valence-electron chi connectivity index (χ0n) is 17.2. The molecule has 2 aliphatic heterocycles. The van der Waals surface area contributed by atoms with E-state index in [-0.39, 0.29) is 11.4 Å². The second-order valence-electron chi connectivity index (χ2n) is 8.16. The van der Waals surface area contributed by atoms with Gasteiger partial charge in [0.05, 0.1) is 19.0 Å². The van der Waals surface area contributed by atoms with Gasteiger partial charge >= 0.3 is 6.03 Å². The van der Waals surface area contributed by atoms with Crippen molar-refractivity contribution in [2.75, 3.05) is 25.5 Å². The number of carbonyl (C=O) groups is 1. The molecule has 1 fully saturated rings. The van der Waals surface area contributed by atoms with Gasteiger partial charge in [0.2, 0.25) is 0 Å². The highest BCUT2D eigenvalue weighted by molar-refractivity contribution is 5.89. The van der Waals surface area contributed by atoms with Crippen molar-refractivity contribution in [3.05, 3.63) is 66.6 Å². The standard InChI is InChI=1S/C24H26N4O2/c1-30-20-9-5-8-19(16-20)26-23(29)27-13-10-24(11-14-27)12-15-28-21(17-25-22(24)28)18-6-3-2-4-7-18/h2-9,16-17H,10-15H2,1H3,(H,26,29). The maximum atomic E-state index is 12.8. The second kappa shape index (κ2) is 7.52. The molecule has 6 heteroatoms. The third-order valence-electron chi connectivity index (χ3n) is 6.54. The number of rotatable bonds is 3. The summed E-state index contributed by atoms with van der Waals surface area (Å²) in [4.78, 5) is 19.5. The van der Waals surface area contributed by atoms with Gasteiger partial charge in [-0.3, -0.25) is 0 Å². The predicted molar refractivity (Wildman–Crippen MR) is 117 cm³/mol. The summed E-state index contributed by atoms with van der Waals surface area (Å²) in [7, 11) is 1.62. The highest BCUT2D eigenvalue weighted by Gasteiger charge is 2.44. The fourth-order valence-electron chi connectivity index (χ4n) is 4.82. The van der Waals surface area contributed by atoms with E-state index in [4.69, 9.17) is 9.72 Å². The summed E-state index contributed by atoms with van der Waals surface area (Å²) in [6.45, 7) is 2.47. The van der Waals surface area contributed by atoms with Crippen molar-refractivity contribution in [2.45, 2.75) is 31.2 Å². The molecular formula is C24H26N4O2. The zero-order chi connectivity index (χ0) is 20.6. The molecule has 2 amide bonds. The van der Waals surface area contributed by atoms with E-state index < -0.39 is 0 Å². The fraction of sp³-hybridized carbons (Fsp3) is 0.333. The van der Waals surface area contributed by atoms with Crippen molar-refractivity contribution < 1.29 is 9.53 Å². The number of benzene rings is 2. The van der Waals surface area contributed by atoms with Gasteiger partial charge in [0.15, 0.2) is 0 Å². The Labute approximate surface area is 176 Å². The first-order valence-corrected chi connectivity index (χ1v) is 10.5. The first-order chi connectivity index (χ1) is 14.7. The molecular weight excluding hydrogens is 376 g/mol. The summed E-state index contributed by atoms with van der Waals surface area (Å²) in [5.41, 5.74) is 3.24. The summed E-state index contributed by atoms with van der Waals surface area (Å²) in [6, 6.07) is 17.9. The number of anilines is 1. The van der Waals surface area contributed by atoms with E-state index in [9.17, 15) is 4.79 Å². The molecule has 154 valence electrons. The molecule has 2 aromatic carbocycles. The summed E-state index contributed by atoms with van der Waals surface area (Å²) in [5.74, 6) is 1.92. The molecule has 0 unspecified atom stereocenters. The van der Waals surface area contributed by atoms with E-state index in [1.807, 2.05) is 41.4 Å². The number of imidazole rings is 1. The number of piperidine rings is 1. The van der Waals surface area contributed by atoms with E-state index in [1.54, 1.807) is 7.11 Å². The van der Waals surface area contributed by atoms with Gasteiger partial charge in [-0.1, -0.05) is 36.4 Å². The summed E-state index contributed by atoms with van der Waals surface area (Å²) in [5, 5.41) is 3.00. The smallest absolute Gasteiger partial charge is 0.321 e. The minimum absolute atomic E-state index is 0.0515. The fourth-order valence-corrected chi connectivity index (χ4v) is 4.82. The molecule has 1 N–H and O–H groups in total. The first-order valence-electron chi connectivity index (χ1n) is 10.5. The number of hydrogen-bond acceptors (Lipinski definition) is 3. The average Bonchev–Trinajstić information content (AvgIpc) is 3.37. The SMILES string of the molecule is COc1cccc(NC(=O)N2CCC3(CC2)CCn2c(-c4ccccc4)cnc23)c1. The van der Waals surface area contributed by atoms with Gasteiger partial charge in [-0.15, -0.1) is 0 Å². The number of fused-ring (bicyclic) bond motifs is 2. The van der Waals surface area contributed by atoms with Crippen LogP contribution in [-0.2, 0) is 12.0 Å². The summed E-state index contributed by atoms with van der Waals surface area (Å²) >= 11 is 0. The Bertz CT molecular complexity index is 1050. The number of amides is 2. The van der Waals surface area contributed by atoms with Crippen LogP contribution in [-0.4, -0.2) is 40.7 Å². The lowest BCUT2D eigenvalue weighted by Crippen LogP contribution is -2.46. The molecule has 0 aliphatic carbocycles. The topological polar surface area (TPSA) is 59.4 Å². The third-order valence-corrected chi connectivity index (χ3v) is 6.54. The van der Waals surface area contributed by atoms with E-state index in [0.717, 1.165) is 50.3 Å². The Kier molecular flexibility index (Phi) is 4.69. The minimum atomic E-state index is -0.0515. The monoisotopic (exact) mass is 402 g/mol. The van der Waals surface area contributed by atoms with Crippen molar-refractivity contribution >= 4 is 11.7 Å². The number of urea groups is 1. The lowest BCUT2D eigenvalue weighted by atomic mass is 9.77. The normalized spacial score (nSPS) is 17.0. The number of aromatic nitrogens is 2. The number of hydrogen-bond donors (Lipinski definition) is 1. The first kappa shape index (κ1) is 18.7. The van der Waals surface area contributed by atoms with Crippen LogP contribution in [0.25, 0.3) is 11.3 Å². The molecule has 1 aromatic heterocycles. The predicted octanol–water partition coefficient (Wildman–Crippen LogP) is 4.53. The van der Waals surface area contributed by atoms with Gasteiger partial charge in [0, 0.05) is 36.8 Å². The Hall–Kier alpha value is -3.28. The molecule has 5 rings (SSSR count). The Balaban J connectivity index is 1.28. The second-order valence-corrected chi connectivity index (χ2v) is 8.16. The van der Waals surface area contributed by atoms with Gasteiger partial charge in [-0.25, -0.2) is 9.78 Å². The van der Waals surface area contributed by atoms with Gasteiger partial charge < -0.3 is 19.5 Å². The van der Waals surface area contributed by atoms with Crippen LogP contribution < -0.4 is 10.1 Å². The van der Waals surface area contributed by atoms with E-state index in [1.165, 1.54) is 17.1 Å². The number of nitrogens with one attached hydrogen (secondary N) is 1. The van der Waals surface area contributed by atoms with Gasteiger partial charge in [0.25, 0.3) is 0 Å². The Morgan fingerprint density at radius 2 is 1.80 bits per heavy atom. The largest absolute Gasteiger partial charge is 0.497 e. The summed E-state index contributed by atoms with van der Waals surface area (Å²) < 4.78 is 7.61. The molecule has 2 aliphatic rings. The maximum Gasteiger partial charge on any atom is 0.321 e. The van der Waals surface area contributed by atoms with Crippen LogP contribution in [0.15, 0.2) is 60.8 Å². The molecule has 1 saturated heterocycles. The number of carbonyl (C=O) groups excluding carboxylic acids is 1. The Morgan fingerprint density at radius 1 is 1.03 bits per heavy atom. The van der Waals surface area contributed by atoms with E-state index >= 15 is 0 Å². The highest BCUT2D eigenvalue weighted by Crippen LogP contribution is 2.44. The lowest BCUT2D eigenvalue weighted by molar-refractivity contribution is 0.166. The molecule has 3 heterocycles. The lowest BCUT2D eigenvalue weighted by Gasteiger charge is -2.38. The van der Waals surface area contributed by atoms with Crippen molar-refractivity contribution in [1.82, 2.24) is 14.5 Å². The molecule has 30 heavy (non-hydrogen) atoms. The molecule has 0 radical (unpaired) electrons. The number of methoxy groups -OCH3 is 1. The van der Waals surface area contributed by atoms with Gasteiger partial charge in [-0.05, 0) is 37.0 Å². The molecule has 1 spiro atoms. The van der Waals surface area contributed by atoms with Crippen LogP contribution in [0.5, 0.6) is 5.75 Å². The third kappa shape index (κ3) is 3.22. The van der Waals surface area contributed by atoms with Crippen molar-refractivity contribution in [3.8, 4) is 17.0 Å². The van der Waals surface area contributed by atoms with Gasteiger partial charge in [-0.2, -0.15) is 0 Å². The van der Waals surface area contributed by atoms with E-state index in [2.05, 4.69) is 34.1 Å². The van der Waals surface area contributed by atoms with Crippen molar-refractivity contribution in [3.63, 3.8) is 0 Å². The number of nitrogens with zero attached hydrogens (tertiary/aromatic N) is 3. The van der Waals surface area contributed by atoms with Crippen LogP contribution in [0.4, 0.5) is 10.5 Å². The number of ether oxygens (including phenoxy) is 1. The minimum Gasteiger partial charge on any atom is -0.497 e. The average molecular weight is 402 g/mol. The Morgan fingerprint density at radius 3 is 2.57 bits per heavy atom. The molecule has 3 aromatic rings. The quantitative estimate of drug-likeness (QED) is 0.700. The molecule has 0 atom stereocenters. The van der Waals surface area contributed by atoms with Crippen LogP contribution in [0, 0.1) is 0 Å². The molecule has 0 bridgehead atoms.